The van der Waals surface area contributed by atoms with Crippen LogP contribution in [0, 0.1) is 13.8 Å². The lowest BCUT2D eigenvalue weighted by Crippen LogP contribution is -2.33. The number of rotatable bonds is 4. The Morgan fingerprint density at radius 3 is 2.76 bits per heavy atom. The number of ether oxygens (including phenoxy) is 1. The van der Waals surface area contributed by atoms with E-state index in [1.165, 1.54) is 24.6 Å². The summed E-state index contributed by atoms with van der Waals surface area (Å²) in [5, 5.41) is 0.510. The van der Waals surface area contributed by atoms with Gasteiger partial charge >= 0.3 is 5.97 Å². The summed E-state index contributed by atoms with van der Waals surface area (Å²) in [7, 11) is 0. The smallest absolute Gasteiger partial charge is 0.326 e. The van der Waals surface area contributed by atoms with E-state index in [1.54, 1.807) is 0 Å². The van der Waals surface area contributed by atoms with Gasteiger partial charge in [0.05, 0.1) is 11.7 Å². The maximum absolute atomic E-state index is 12.3. The molecule has 0 aliphatic carbocycles. The SMILES string of the molecule is Cc1sc2ncn(CC(=O)O[C@H](C)C(N)=O)c(=O)c2c1C. The molecule has 0 saturated carbocycles. The standard InChI is InChI=1S/C13H15N3O4S/c1-6-8(3)21-12-10(6)13(19)16(5-15-12)4-9(17)20-7(2)11(14)18/h5,7H,4H2,1-3H3,(H2,14,18)/t7-/m1/s1. The maximum atomic E-state index is 12.3. The predicted octanol–water partition coefficient (Wildman–Crippen LogP) is 0.492. The fraction of sp³-hybridized carbons (Fsp3) is 0.385. The average molecular weight is 309 g/mol. The number of nitrogens with two attached hydrogens (primary N) is 1. The molecular formula is C13H15N3O4S. The van der Waals surface area contributed by atoms with Gasteiger partial charge in [-0.25, -0.2) is 4.98 Å². The van der Waals surface area contributed by atoms with Crippen molar-refractivity contribution in [1.82, 2.24) is 9.55 Å². The molecule has 2 rings (SSSR count). The predicted molar refractivity (Wildman–Crippen MR) is 78.1 cm³/mol. The maximum Gasteiger partial charge on any atom is 0.326 e. The van der Waals surface area contributed by atoms with E-state index in [4.69, 9.17) is 10.5 Å². The third-order valence-corrected chi connectivity index (χ3v) is 4.28. The molecule has 2 aromatic rings. The van der Waals surface area contributed by atoms with Crippen molar-refractivity contribution in [2.45, 2.75) is 33.4 Å². The third kappa shape index (κ3) is 2.94. The molecule has 1 atom stereocenters. The second-order valence-corrected chi connectivity index (χ2v) is 5.88. The third-order valence-electron chi connectivity index (χ3n) is 3.16. The minimum absolute atomic E-state index is 0.300. The summed E-state index contributed by atoms with van der Waals surface area (Å²) in [6.45, 7) is 4.81. The molecule has 0 aromatic carbocycles. The van der Waals surface area contributed by atoms with Gasteiger partial charge in [0.1, 0.15) is 11.4 Å². The van der Waals surface area contributed by atoms with Crippen LogP contribution < -0.4 is 11.3 Å². The summed E-state index contributed by atoms with van der Waals surface area (Å²) in [6.07, 6.45) is 0.269. The van der Waals surface area contributed by atoms with Crippen LogP contribution in [-0.4, -0.2) is 27.5 Å². The molecule has 8 heteroatoms. The van der Waals surface area contributed by atoms with Gasteiger partial charge in [0.15, 0.2) is 6.10 Å². The zero-order chi connectivity index (χ0) is 15.7. The van der Waals surface area contributed by atoms with Crippen LogP contribution in [0.25, 0.3) is 10.2 Å². The molecular weight excluding hydrogens is 294 g/mol. The number of primary amides is 1. The Bertz CT molecular complexity index is 778. The van der Waals surface area contributed by atoms with E-state index in [0.717, 1.165) is 15.0 Å². The van der Waals surface area contributed by atoms with Gasteiger partial charge in [-0.1, -0.05) is 0 Å². The van der Waals surface area contributed by atoms with Crippen LogP contribution in [0.3, 0.4) is 0 Å². The highest BCUT2D eigenvalue weighted by molar-refractivity contribution is 7.18. The molecule has 0 fully saturated rings. The van der Waals surface area contributed by atoms with Crippen LogP contribution in [0.4, 0.5) is 0 Å². The Morgan fingerprint density at radius 1 is 1.48 bits per heavy atom. The Hall–Kier alpha value is -2.22. The van der Waals surface area contributed by atoms with Gasteiger partial charge in [-0.05, 0) is 26.3 Å². The number of carbonyl (C=O) groups is 2. The van der Waals surface area contributed by atoms with Gasteiger partial charge in [0, 0.05) is 4.88 Å². The molecule has 21 heavy (non-hydrogen) atoms. The van der Waals surface area contributed by atoms with Crippen molar-refractivity contribution in [3.8, 4) is 0 Å². The van der Waals surface area contributed by atoms with Crippen molar-refractivity contribution in [3.63, 3.8) is 0 Å². The molecule has 7 nitrogen and oxygen atoms in total. The van der Waals surface area contributed by atoms with E-state index < -0.39 is 18.0 Å². The number of hydrogen-bond acceptors (Lipinski definition) is 6. The van der Waals surface area contributed by atoms with Gasteiger partial charge in [0.25, 0.3) is 11.5 Å². The molecule has 0 spiro atoms. The number of hydrogen-bond donors (Lipinski definition) is 1. The molecule has 0 unspecified atom stereocenters. The van der Waals surface area contributed by atoms with Gasteiger partial charge < -0.3 is 10.5 Å². The van der Waals surface area contributed by atoms with E-state index in [9.17, 15) is 14.4 Å². The normalized spacial score (nSPS) is 12.3. The van der Waals surface area contributed by atoms with E-state index in [0.29, 0.717) is 10.2 Å². The lowest BCUT2D eigenvalue weighted by atomic mass is 10.2. The topological polar surface area (TPSA) is 104 Å². The molecule has 2 aromatic heterocycles. The molecule has 0 radical (unpaired) electrons. The highest BCUT2D eigenvalue weighted by atomic mass is 32.1. The average Bonchev–Trinajstić information content (AvgIpc) is 2.69. The number of aryl methyl sites for hydroxylation is 2. The van der Waals surface area contributed by atoms with E-state index in [1.807, 2.05) is 13.8 Å². The molecule has 1 amide bonds. The molecule has 2 heterocycles. The molecule has 112 valence electrons. The van der Waals surface area contributed by atoms with Crippen LogP contribution in [0.2, 0.25) is 0 Å². The zero-order valence-electron chi connectivity index (χ0n) is 11.9. The zero-order valence-corrected chi connectivity index (χ0v) is 12.7. The number of nitrogens with zero attached hydrogens (tertiary/aromatic N) is 2. The molecule has 0 aliphatic rings. The quantitative estimate of drug-likeness (QED) is 0.828. The van der Waals surface area contributed by atoms with Crippen molar-refractivity contribution in [2.24, 2.45) is 5.73 Å². The highest BCUT2D eigenvalue weighted by Gasteiger charge is 2.17. The monoisotopic (exact) mass is 309 g/mol. The van der Waals surface area contributed by atoms with E-state index in [-0.39, 0.29) is 12.1 Å². The summed E-state index contributed by atoms with van der Waals surface area (Å²) < 4.78 is 5.98. The van der Waals surface area contributed by atoms with Crippen molar-refractivity contribution in [3.05, 3.63) is 27.1 Å². The number of fused-ring (bicyclic) bond motifs is 1. The first-order valence-corrected chi connectivity index (χ1v) is 7.07. The number of carbonyl (C=O) groups excluding carboxylic acids is 2. The molecule has 0 aliphatic heterocycles. The molecule has 0 saturated heterocycles. The van der Waals surface area contributed by atoms with E-state index >= 15 is 0 Å². The lowest BCUT2D eigenvalue weighted by Gasteiger charge is -2.10. The minimum atomic E-state index is -1.03. The fourth-order valence-electron chi connectivity index (χ4n) is 1.81. The van der Waals surface area contributed by atoms with Crippen LogP contribution >= 0.6 is 11.3 Å². The Balaban J connectivity index is 2.29. The van der Waals surface area contributed by atoms with Crippen molar-refractivity contribution in [1.29, 1.82) is 0 Å². The first-order chi connectivity index (χ1) is 9.81. The largest absolute Gasteiger partial charge is 0.451 e. The first-order valence-electron chi connectivity index (χ1n) is 6.25. The summed E-state index contributed by atoms with van der Waals surface area (Å²) in [6, 6.07) is 0. The van der Waals surface area contributed by atoms with Crippen LogP contribution in [-0.2, 0) is 20.9 Å². The Kier molecular flexibility index (Phi) is 4.08. The molecule has 2 N–H and O–H groups in total. The number of esters is 1. The van der Waals surface area contributed by atoms with Gasteiger partial charge in [0.2, 0.25) is 0 Å². The van der Waals surface area contributed by atoms with E-state index in [2.05, 4.69) is 4.98 Å². The first kappa shape index (κ1) is 15.2. The summed E-state index contributed by atoms with van der Waals surface area (Å²) in [5.74, 6) is -1.46. The van der Waals surface area contributed by atoms with Crippen LogP contribution in [0.15, 0.2) is 11.1 Å². The lowest BCUT2D eigenvalue weighted by molar-refractivity contribution is -0.154. The number of thiophene rings is 1. The van der Waals surface area contributed by atoms with Crippen molar-refractivity contribution in [2.75, 3.05) is 0 Å². The summed E-state index contributed by atoms with van der Waals surface area (Å²) in [4.78, 5) is 40.7. The van der Waals surface area contributed by atoms with Crippen LogP contribution in [0.1, 0.15) is 17.4 Å². The van der Waals surface area contributed by atoms with Crippen molar-refractivity contribution >= 4 is 33.4 Å². The number of amides is 1. The van der Waals surface area contributed by atoms with Crippen molar-refractivity contribution < 1.29 is 14.3 Å². The summed E-state index contributed by atoms with van der Waals surface area (Å²) in [5.41, 5.74) is 5.57. The summed E-state index contributed by atoms with van der Waals surface area (Å²) >= 11 is 1.43. The Labute approximate surface area is 124 Å². The van der Waals surface area contributed by atoms with Gasteiger partial charge in [-0.2, -0.15) is 0 Å². The fourth-order valence-corrected chi connectivity index (χ4v) is 2.80. The Morgan fingerprint density at radius 2 is 2.14 bits per heavy atom. The molecule has 0 bridgehead atoms. The van der Waals surface area contributed by atoms with Crippen LogP contribution in [0.5, 0.6) is 0 Å². The second kappa shape index (κ2) is 5.65. The second-order valence-electron chi connectivity index (χ2n) is 4.68. The minimum Gasteiger partial charge on any atom is -0.451 e. The van der Waals surface area contributed by atoms with Gasteiger partial charge in [-0.3, -0.25) is 19.0 Å². The number of aromatic nitrogens is 2. The van der Waals surface area contributed by atoms with Gasteiger partial charge in [-0.15, -0.1) is 11.3 Å². The highest BCUT2D eigenvalue weighted by Crippen LogP contribution is 2.25.